The van der Waals surface area contributed by atoms with Crippen LogP contribution >= 0.6 is 7.60 Å². The van der Waals surface area contributed by atoms with Crippen molar-refractivity contribution < 1.29 is 44.3 Å². The van der Waals surface area contributed by atoms with E-state index in [4.69, 9.17) is 19.6 Å². The number of para-hydroxylation sites is 1. The SMILES string of the molecule is O=C(O)c1ccccc1NC1OC(P(=O)(O)O)[C@@H](O)[C@@H](O)[C@H]1O. The van der Waals surface area contributed by atoms with Crippen LogP contribution in [0, 0.1) is 0 Å². The highest BCUT2D eigenvalue weighted by molar-refractivity contribution is 7.52. The maximum atomic E-state index is 11.3. The Morgan fingerprint density at radius 3 is 2.26 bits per heavy atom. The quantitative estimate of drug-likeness (QED) is 0.325. The van der Waals surface area contributed by atoms with Gasteiger partial charge in [-0.1, -0.05) is 12.1 Å². The van der Waals surface area contributed by atoms with Crippen LogP contribution in [-0.2, 0) is 9.30 Å². The lowest BCUT2D eigenvalue weighted by Gasteiger charge is -2.41. The zero-order chi connectivity index (χ0) is 17.4. The first kappa shape index (κ1) is 17.8. The van der Waals surface area contributed by atoms with E-state index in [-0.39, 0.29) is 11.3 Å². The number of carboxylic acids is 1. The number of hydrogen-bond donors (Lipinski definition) is 7. The fraction of sp³-hybridized carbons (Fsp3) is 0.417. The van der Waals surface area contributed by atoms with Gasteiger partial charge in [-0.3, -0.25) is 4.57 Å². The molecule has 0 saturated carbocycles. The van der Waals surface area contributed by atoms with E-state index in [1.807, 2.05) is 0 Å². The van der Waals surface area contributed by atoms with Crippen LogP contribution < -0.4 is 5.32 Å². The van der Waals surface area contributed by atoms with E-state index in [9.17, 15) is 24.7 Å². The molecule has 128 valence electrons. The summed E-state index contributed by atoms with van der Waals surface area (Å²) in [5.41, 5.74) is -0.159. The van der Waals surface area contributed by atoms with E-state index in [1.165, 1.54) is 24.3 Å². The molecular weight excluding hydrogens is 333 g/mol. The predicted octanol–water partition coefficient (Wildman–Crippen LogP) is -1.26. The molecule has 2 unspecified atom stereocenters. The zero-order valence-corrected chi connectivity index (χ0v) is 12.4. The third-order valence-electron chi connectivity index (χ3n) is 3.37. The Morgan fingerprint density at radius 1 is 1.09 bits per heavy atom. The van der Waals surface area contributed by atoms with Crippen LogP contribution in [-0.4, -0.2) is 66.6 Å². The second kappa shape index (κ2) is 6.54. The first-order chi connectivity index (χ1) is 10.6. The molecule has 1 aliphatic rings. The van der Waals surface area contributed by atoms with Crippen LogP contribution in [0.1, 0.15) is 10.4 Å². The summed E-state index contributed by atoms with van der Waals surface area (Å²) in [6, 6.07) is 5.58. The summed E-state index contributed by atoms with van der Waals surface area (Å²) in [7, 11) is -4.93. The van der Waals surface area contributed by atoms with Crippen molar-refractivity contribution in [2.45, 2.75) is 30.4 Å². The van der Waals surface area contributed by atoms with E-state index in [2.05, 4.69) is 5.32 Å². The molecule has 1 fully saturated rings. The van der Waals surface area contributed by atoms with Crippen LogP contribution in [0.4, 0.5) is 5.69 Å². The number of benzene rings is 1. The third kappa shape index (κ3) is 3.70. The summed E-state index contributed by atoms with van der Waals surface area (Å²) in [4.78, 5) is 29.4. The molecular formula is C12H16NO9P. The number of carboxylic acid groups (broad SMARTS) is 1. The van der Waals surface area contributed by atoms with Crippen molar-refractivity contribution in [3.8, 4) is 0 Å². The number of aliphatic hydroxyl groups is 3. The molecule has 1 heterocycles. The van der Waals surface area contributed by atoms with Gasteiger partial charge in [-0.15, -0.1) is 0 Å². The largest absolute Gasteiger partial charge is 0.478 e. The fourth-order valence-electron chi connectivity index (χ4n) is 2.21. The molecule has 10 nitrogen and oxygen atoms in total. The smallest absolute Gasteiger partial charge is 0.356 e. The summed E-state index contributed by atoms with van der Waals surface area (Å²) in [6.45, 7) is 0. The molecule has 0 amide bonds. The molecule has 0 bridgehead atoms. The summed E-state index contributed by atoms with van der Waals surface area (Å²) in [5, 5.41) is 40.8. The Hall–Kier alpha value is -1.52. The number of hydrogen-bond acceptors (Lipinski definition) is 7. The summed E-state index contributed by atoms with van der Waals surface area (Å²) >= 11 is 0. The highest BCUT2D eigenvalue weighted by atomic mass is 31.2. The van der Waals surface area contributed by atoms with Crippen molar-refractivity contribution in [3.63, 3.8) is 0 Å². The molecule has 0 aromatic heterocycles. The Morgan fingerprint density at radius 2 is 1.70 bits per heavy atom. The minimum atomic E-state index is -4.93. The van der Waals surface area contributed by atoms with Crippen LogP contribution in [0.15, 0.2) is 24.3 Å². The minimum absolute atomic E-state index is 0.0112. The van der Waals surface area contributed by atoms with Crippen LogP contribution in [0.5, 0.6) is 0 Å². The molecule has 23 heavy (non-hydrogen) atoms. The molecule has 1 aromatic carbocycles. The number of rotatable bonds is 4. The normalized spacial score (nSPS) is 31.6. The predicted molar refractivity (Wildman–Crippen MR) is 75.7 cm³/mol. The summed E-state index contributed by atoms with van der Waals surface area (Å²) < 4.78 is 16.3. The van der Waals surface area contributed by atoms with E-state index in [1.54, 1.807) is 0 Å². The maximum absolute atomic E-state index is 11.3. The third-order valence-corrected chi connectivity index (χ3v) is 4.47. The van der Waals surface area contributed by atoms with Gasteiger partial charge in [0.25, 0.3) is 0 Å². The van der Waals surface area contributed by atoms with E-state index in [0.29, 0.717) is 0 Å². The highest BCUT2D eigenvalue weighted by Crippen LogP contribution is 2.47. The van der Waals surface area contributed by atoms with Crippen molar-refractivity contribution >= 4 is 19.3 Å². The van der Waals surface area contributed by atoms with Gasteiger partial charge in [-0.25, -0.2) is 4.79 Å². The van der Waals surface area contributed by atoms with Gasteiger partial charge in [-0.05, 0) is 12.1 Å². The fourth-order valence-corrected chi connectivity index (χ4v) is 3.07. The summed E-state index contributed by atoms with van der Waals surface area (Å²) in [5.74, 6) is -3.33. The van der Waals surface area contributed by atoms with Gasteiger partial charge in [0, 0.05) is 0 Å². The standard InChI is InChI=1S/C12H16NO9P/c14-7-8(15)10(22-12(9(7)16)23(19,20)21)13-6-4-2-1-3-5(6)11(17)18/h1-4,7-10,12-16H,(H,17,18)(H2,19,20,21)/t7-,8+,9-,10?,12?/m0/s1. The van der Waals surface area contributed by atoms with Gasteiger partial charge < -0.3 is 40.3 Å². The van der Waals surface area contributed by atoms with Crippen LogP contribution in [0.3, 0.4) is 0 Å². The van der Waals surface area contributed by atoms with Gasteiger partial charge in [0.2, 0.25) is 0 Å². The van der Waals surface area contributed by atoms with Gasteiger partial charge >= 0.3 is 13.6 Å². The zero-order valence-electron chi connectivity index (χ0n) is 11.6. The van der Waals surface area contributed by atoms with E-state index >= 15 is 0 Å². The van der Waals surface area contributed by atoms with Gasteiger partial charge in [0.1, 0.15) is 18.3 Å². The second-order valence-corrected chi connectivity index (χ2v) is 6.69. The first-order valence-electron chi connectivity index (χ1n) is 6.46. The molecule has 0 spiro atoms. The number of ether oxygens (including phenoxy) is 1. The number of anilines is 1. The molecule has 2 rings (SSSR count). The van der Waals surface area contributed by atoms with Crippen molar-refractivity contribution in [2.75, 3.05) is 5.32 Å². The molecule has 1 aromatic rings. The van der Waals surface area contributed by atoms with Gasteiger partial charge in [0.15, 0.2) is 12.1 Å². The van der Waals surface area contributed by atoms with Crippen molar-refractivity contribution in [1.29, 1.82) is 0 Å². The lowest BCUT2D eigenvalue weighted by atomic mass is 10.0. The Balaban J connectivity index is 2.29. The molecule has 5 atom stereocenters. The van der Waals surface area contributed by atoms with Gasteiger partial charge in [0.05, 0.1) is 11.3 Å². The van der Waals surface area contributed by atoms with Crippen LogP contribution in [0.25, 0.3) is 0 Å². The molecule has 0 aliphatic carbocycles. The molecule has 0 radical (unpaired) electrons. The number of carbonyl (C=O) groups is 1. The summed E-state index contributed by atoms with van der Waals surface area (Å²) in [6.07, 6.45) is -7.17. The Kier molecular flexibility index (Phi) is 5.07. The Bertz CT molecular complexity index is 633. The monoisotopic (exact) mass is 349 g/mol. The van der Waals surface area contributed by atoms with Crippen molar-refractivity contribution in [3.05, 3.63) is 29.8 Å². The second-order valence-electron chi connectivity index (χ2n) is 5.00. The average molecular weight is 349 g/mol. The molecule has 1 aliphatic heterocycles. The van der Waals surface area contributed by atoms with Crippen molar-refractivity contribution in [2.24, 2.45) is 0 Å². The molecule has 11 heteroatoms. The number of aromatic carboxylic acids is 1. The lowest BCUT2D eigenvalue weighted by Crippen LogP contribution is -2.59. The van der Waals surface area contributed by atoms with E-state index < -0.39 is 43.9 Å². The lowest BCUT2D eigenvalue weighted by molar-refractivity contribution is -0.196. The van der Waals surface area contributed by atoms with Crippen molar-refractivity contribution in [1.82, 2.24) is 0 Å². The van der Waals surface area contributed by atoms with E-state index in [0.717, 1.165) is 0 Å². The number of aliphatic hydroxyl groups excluding tert-OH is 3. The molecule has 1 saturated heterocycles. The average Bonchev–Trinajstić information content (AvgIpc) is 2.47. The number of nitrogens with one attached hydrogen (secondary N) is 1. The Labute approximate surface area is 130 Å². The maximum Gasteiger partial charge on any atom is 0.356 e. The topological polar surface area (TPSA) is 177 Å². The van der Waals surface area contributed by atoms with Crippen LogP contribution in [0.2, 0.25) is 0 Å². The highest BCUT2D eigenvalue weighted by Gasteiger charge is 2.50. The molecule has 7 N–H and O–H groups in total. The van der Waals surface area contributed by atoms with Gasteiger partial charge in [-0.2, -0.15) is 0 Å². The first-order valence-corrected chi connectivity index (χ1v) is 8.15. The minimum Gasteiger partial charge on any atom is -0.478 e.